The van der Waals surface area contributed by atoms with E-state index < -0.39 is 0 Å². The molecule has 0 aromatic carbocycles. The molecule has 0 bridgehead atoms. The molecule has 1 N–H and O–H groups in total. The van der Waals surface area contributed by atoms with Gasteiger partial charge in [0.25, 0.3) is 0 Å². The summed E-state index contributed by atoms with van der Waals surface area (Å²) < 4.78 is 0. The first-order valence-corrected chi connectivity index (χ1v) is 5.48. The molecule has 0 saturated carbocycles. The molecule has 3 rings (SSSR count). The number of hydrogen-bond acceptors (Lipinski definition) is 1. The molecule has 0 saturated heterocycles. The number of rotatable bonds is 1. The number of aryl methyl sites for hydroxylation is 1. The minimum Gasteiger partial charge on any atom is -0.357 e. The van der Waals surface area contributed by atoms with Gasteiger partial charge >= 0.3 is 0 Å². The van der Waals surface area contributed by atoms with Crippen molar-refractivity contribution in [1.29, 1.82) is 0 Å². The molecule has 0 unspecified atom stereocenters. The molecule has 2 heterocycles. The zero-order valence-electron chi connectivity index (χ0n) is 8.88. The number of H-pyrrole nitrogens is 1. The second kappa shape index (κ2) is 3.23. The number of pyridine rings is 1. The summed E-state index contributed by atoms with van der Waals surface area (Å²) >= 11 is 0. The van der Waals surface area contributed by atoms with E-state index >= 15 is 0 Å². The summed E-state index contributed by atoms with van der Waals surface area (Å²) in [6, 6.07) is 6.05. The van der Waals surface area contributed by atoms with Crippen LogP contribution in [0.1, 0.15) is 23.2 Å². The molecular formula is C13H14N2. The lowest BCUT2D eigenvalue weighted by Crippen LogP contribution is -1.87. The van der Waals surface area contributed by atoms with E-state index in [-0.39, 0.29) is 0 Å². The third kappa shape index (κ3) is 1.29. The molecule has 2 aromatic heterocycles. The van der Waals surface area contributed by atoms with Gasteiger partial charge < -0.3 is 4.98 Å². The Labute approximate surface area is 89.4 Å². The SMILES string of the molecule is Cc1c(-c2ccccn2)[nH]c2c1CCC2. The molecule has 15 heavy (non-hydrogen) atoms. The van der Waals surface area contributed by atoms with Gasteiger partial charge in [0.15, 0.2) is 0 Å². The highest BCUT2D eigenvalue weighted by Gasteiger charge is 2.19. The smallest absolute Gasteiger partial charge is 0.0867 e. The highest BCUT2D eigenvalue weighted by Crippen LogP contribution is 2.31. The quantitative estimate of drug-likeness (QED) is 0.750. The molecule has 1 aliphatic carbocycles. The summed E-state index contributed by atoms with van der Waals surface area (Å²) in [6.45, 7) is 2.20. The molecule has 0 aliphatic heterocycles. The Kier molecular flexibility index (Phi) is 1.88. The van der Waals surface area contributed by atoms with E-state index in [1.807, 2.05) is 18.3 Å². The molecule has 0 atom stereocenters. The van der Waals surface area contributed by atoms with Gasteiger partial charge in [-0.05, 0) is 49.4 Å². The molecule has 0 amide bonds. The summed E-state index contributed by atoms with van der Waals surface area (Å²) in [5.41, 5.74) is 6.61. The molecule has 76 valence electrons. The van der Waals surface area contributed by atoms with Gasteiger partial charge in [0.2, 0.25) is 0 Å². The van der Waals surface area contributed by atoms with E-state index in [2.05, 4.69) is 23.0 Å². The van der Waals surface area contributed by atoms with Gasteiger partial charge in [-0.2, -0.15) is 0 Å². The average molecular weight is 198 g/mol. The third-order valence-corrected chi connectivity index (χ3v) is 3.24. The van der Waals surface area contributed by atoms with Crippen LogP contribution >= 0.6 is 0 Å². The maximum atomic E-state index is 4.39. The van der Waals surface area contributed by atoms with Crippen molar-refractivity contribution in [3.63, 3.8) is 0 Å². The third-order valence-electron chi connectivity index (χ3n) is 3.24. The highest BCUT2D eigenvalue weighted by atomic mass is 14.8. The molecule has 2 heteroatoms. The number of fused-ring (bicyclic) bond motifs is 1. The second-order valence-corrected chi connectivity index (χ2v) is 4.15. The summed E-state index contributed by atoms with van der Waals surface area (Å²) in [7, 11) is 0. The average Bonchev–Trinajstić information content (AvgIpc) is 2.83. The Morgan fingerprint density at radius 2 is 2.20 bits per heavy atom. The van der Waals surface area contributed by atoms with E-state index in [9.17, 15) is 0 Å². The van der Waals surface area contributed by atoms with Crippen LogP contribution in [0.3, 0.4) is 0 Å². The first kappa shape index (κ1) is 8.72. The Hall–Kier alpha value is -1.57. The van der Waals surface area contributed by atoms with Crippen LogP contribution in [-0.4, -0.2) is 9.97 Å². The summed E-state index contributed by atoms with van der Waals surface area (Å²) in [6.07, 6.45) is 5.57. The number of hydrogen-bond donors (Lipinski definition) is 1. The number of nitrogens with zero attached hydrogens (tertiary/aromatic N) is 1. The Morgan fingerprint density at radius 1 is 1.27 bits per heavy atom. The predicted octanol–water partition coefficient (Wildman–Crippen LogP) is 2.87. The van der Waals surface area contributed by atoms with Crippen LogP contribution in [0.2, 0.25) is 0 Å². The lowest BCUT2D eigenvalue weighted by Gasteiger charge is -2.00. The van der Waals surface area contributed by atoms with Crippen molar-refractivity contribution in [2.24, 2.45) is 0 Å². The maximum absolute atomic E-state index is 4.39. The van der Waals surface area contributed by atoms with Crippen molar-refractivity contribution in [2.75, 3.05) is 0 Å². The van der Waals surface area contributed by atoms with E-state index in [0.717, 1.165) is 5.69 Å². The van der Waals surface area contributed by atoms with Crippen LogP contribution in [-0.2, 0) is 12.8 Å². The fourth-order valence-corrected chi connectivity index (χ4v) is 2.46. The lowest BCUT2D eigenvalue weighted by molar-refractivity contribution is 0.890. The van der Waals surface area contributed by atoms with Crippen molar-refractivity contribution >= 4 is 0 Å². The molecule has 0 radical (unpaired) electrons. The Bertz CT molecular complexity index is 483. The minimum atomic E-state index is 1.06. The van der Waals surface area contributed by atoms with Crippen molar-refractivity contribution in [2.45, 2.75) is 26.2 Å². The van der Waals surface area contributed by atoms with Crippen molar-refractivity contribution in [3.05, 3.63) is 41.2 Å². The minimum absolute atomic E-state index is 1.06. The summed E-state index contributed by atoms with van der Waals surface area (Å²) in [5, 5.41) is 0. The topological polar surface area (TPSA) is 28.7 Å². The maximum Gasteiger partial charge on any atom is 0.0867 e. The van der Waals surface area contributed by atoms with Gasteiger partial charge in [-0.3, -0.25) is 4.98 Å². The van der Waals surface area contributed by atoms with Crippen LogP contribution in [0.15, 0.2) is 24.4 Å². The van der Waals surface area contributed by atoms with E-state index in [1.54, 1.807) is 0 Å². The van der Waals surface area contributed by atoms with Crippen LogP contribution in [0, 0.1) is 6.92 Å². The van der Waals surface area contributed by atoms with Crippen LogP contribution in [0.4, 0.5) is 0 Å². The number of nitrogens with one attached hydrogen (secondary N) is 1. The highest BCUT2D eigenvalue weighted by molar-refractivity contribution is 5.63. The fraction of sp³-hybridized carbons (Fsp3) is 0.308. The van der Waals surface area contributed by atoms with Crippen molar-refractivity contribution in [1.82, 2.24) is 9.97 Å². The van der Waals surface area contributed by atoms with Crippen LogP contribution < -0.4 is 0 Å². The molecular weight excluding hydrogens is 184 g/mol. The first-order chi connectivity index (χ1) is 7.36. The molecule has 2 nitrogen and oxygen atoms in total. The van der Waals surface area contributed by atoms with Crippen molar-refractivity contribution in [3.8, 4) is 11.4 Å². The Balaban J connectivity index is 2.14. The fourth-order valence-electron chi connectivity index (χ4n) is 2.46. The summed E-state index contributed by atoms with van der Waals surface area (Å²) in [4.78, 5) is 7.91. The lowest BCUT2D eigenvalue weighted by atomic mass is 10.1. The van der Waals surface area contributed by atoms with Gasteiger partial charge in [-0.25, -0.2) is 0 Å². The zero-order valence-corrected chi connectivity index (χ0v) is 8.88. The second-order valence-electron chi connectivity index (χ2n) is 4.15. The predicted molar refractivity (Wildman–Crippen MR) is 60.8 cm³/mol. The van der Waals surface area contributed by atoms with Crippen LogP contribution in [0.25, 0.3) is 11.4 Å². The van der Waals surface area contributed by atoms with E-state index in [0.29, 0.717) is 0 Å². The van der Waals surface area contributed by atoms with Gasteiger partial charge in [-0.15, -0.1) is 0 Å². The molecule has 0 fully saturated rings. The first-order valence-electron chi connectivity index (χ1n) is 5.48. The number of aromatic amines is 1. The normalized spacial score (nSPS) is 14.2. The molecule has 1 aliphatic rings. The zero-order chi connectivity index (χ0) is 10.3. The van der Waals surface area contributed by atoms with Gasteiger partial charge in [-0.1, -0.05) is 6.07 Å². The van der Waals surface area contributed by atoms with E-state index in [1.165, 1.54) is 41.8 Å². The van der Waals surface area contributed by atoms with E-state index in [4.69, 9.17) is 0 Å². The van der Waals surface area contributed by atoms with Gasteiger partial charge in [0.1, 0.15) is 0 Å². The number of aromatic nitrogens is 2. The monoisotopic (exact) mass is 198 g/mol. The standard InChI is InChI=1S/C13H14N2/c1-9-10-5-4-7-11(10)15-13(9)12-6-2-3-8-14-12/h2-3,6,8,15H,4-5,7H2,1H3. The largest absolute Gasteiger partial charge is 0.357 e. The van der Waals surface area contributed by atoms with Gasteiger partial charge in [0.05, 0.1) is 11.4 Å². The molecule has 0 spiro atoms. The summed E-state index contributed by atoms with van der Waals surface area (Å²) in [5.74, 6) is 0. The van der Waals surface area contributed by atoms with Gasteiger partial charge in [0, 0.05) is 11.9 Å². The van der Waals surface area contributed by atoms with Crippen LogP contribution in [0.5, 0.6) is 0 Å². The molecule has 2 aromatic rings. The Morgan fingerprint density at radius 3 is 2.93 bits per heavy atom. The van der Waals surface area contributed by atoms with Crippen molar-refractivity contribution < 1.29 is 0 Å².